The van der Waals surface area contributed by atoms with Gasteiger partial charge in [-0.1, -0.05) is 0 Å². The van der Waals surface area contributed by atoms with Gasteiger partial charge in [0, 0.05) is 0 Å². The molecule has 0 saturated heterocycles. The van der Waals surface area contributed by atoms with E-state index >= 15 is 0 Å². The van der Waals surface area contributed by atoms with Gasteiger partial charge in [0.1, 0.15) is 6.26 Å². The molecule has 0 amide bonds. The van der Waals surface area contributed by atoms with Crippen molar-refractivity contribution in [3.63, 3.8) is 0 Å². The summed E-state index contributed by atoms with van der Waals surface area (Å²) in [5.74, 6) is 0. The van der Waals surface area contributed by atoms with Gasteiger partial charge in [0.2, 0.25) is 0 Å². The second-order valence-corrected chi connectivity index (χ2v) is 1.17. The third kappa shape index (κ3) is 0.544. The first kappa shape index (κ1) is 3.74. The smallest absolute Gasteiger partial charge is 0.363 e. The lowest BCUT2D eigenvalue weighted by Crippen LogP contribution is -1.86. The van der Waals surface area contributed by atoms with Gasteiger partial charge < -0.3 is 4.89 Å². The van der Waals surface area contributed by atoms with E-state index in [4.69, 9.17) is 0 Å². The number of hydrogen-bond acceptors (Lipinski definition) is 2. The zero-order valence-corrected chi connectivity index (χ0v) is 3.47. The Morgan fingerprint density at radius 1 is 1.83 bits per heavy atom. The molecule has 0 aromatic rings. The minimum absolute atomic E-state index is 1.01. The zero-order chi connectivity index (χ0) is 4.41. The Morgan fingerprint density at radius 2 is 2.67 bits per heavy atom. The van der Waals surface area contributed by atoms with Gasteiger partial charge in [0.05, 0.1) is 0 Å². The first-order valence-electron chi connectivity index (χ1n) is 1.72. The van der Waals surface area contributed by atoms with Crippen molar-refractivity contribution in [2.24, 2.45) is 0 Å². The monoisotopic (exact) mass is 83.0 g/mol. The minimum Gasteiger partial charge on any atom is -0.363 e. The van der Waals surface area contributed by atoms with Gasteiger partial charge >= 0.3 is 7.48 Å². The van der Waals surface area contributed by atoms with E-state index in [1.807, 2.05) is 6.92 Å². The Bertz CT molecular complexity index is 78.9. The molecule has 0 aliphatic carbocycles. The minimum atomic E-state index is 1.01. The summed E-state index contributed by atoms with van der Waals surface area (Å²) in [7, 11) is 1.54. The van der Waals surface area contributed by atoms with Crippen LogP contribution in [0.5, 0.6) is 0 Å². The van der Waals surface area contributed by atoms with Gasteiger partial charge in [0.25, 0.3) is 0 Å². The maximum atomic E-state index is 4.34. The molecular formula is C3H4BO2. The van der Waals surface area contributed by atoms with Crippen LogP contribution >= 0.6 is 0 Å². The summed E-state index contributed by atoms with van der Waals surface area (Å²) >= 11 is 0. The first-order valence-corrected chi connectivity index (χ1v) is 1.72. The molecule has 3 heteroatoms. The normalized spacial score (nSPS) is 18.5. The Hall–Kier alpha value is -0.435. The van der Waals surface area contributed by atoms with Crippen LogP contribution in [-0.2, 0) is 9.69 Å². The fourth-order valence-electron chi connectivity index (χ4n) is 0.235. The molecule has 0 atom stereocenters. The maximum Gasteiger partial charge on any atom is 0.397 e. The maximum absolute atomic E-state index is 4.34. The molecule has 1 rings (SSSR count). The van der Waals surface area contributed by atoms with Crippen LogP contribution < -0.4 is 0 Å². The van der Waals surface area contributed by atoms with E-state index in [9.17, 15) is 0 Å². The molecule has 1 aliphatic rings. The van der Waals surface area contributed by atoms with Crippen molar-refractivity contribution in [2.75, 3.05) is 0 Å². The van der Waals surface area contributed by atoms with E-state index in [-0.39, 0.29) is 0 Å². The Balaban J connectivity index is 2.45. The van der Waals surface area contributed by atoms with Crippen LogP contribution in [0, 0.1) is 0 Å². The lowest BCUT2D eigenvalue weighted by molar-refractivity contribution is -0.138. The zero-order valence-electron chi connectivity index (χ0n) is 3.47. The van der Waals surface area contributed by atoms with E-state index in [0.29, 0.717) is 0 Å². The van der Waals surface area contributed by atoms with Crippen LogP contribution in [0.25, 0.3) is 0 Å². The lowest BCUT2D eigenvalue weighted by Gasteiger charge is -1.81. The van der Waals surface area contributed by atoms with E-state index in [1.54, 1.807) is 13.7 Å². The molecule has 0 saturated carbocycles. The van der Waals surface area contributed by atoms with Crippen LogP contribution in [0.15, 0.2) is 11.7 Å². The van der Waals surface area contributed by atoms with Crippen LogP contribution in [0.1, 0.15) is 6.92 Å². The molecule has 0 spiro atoms. The predicted octanol–water partition coefficient (Wildman–Crippen LogP) is 0.429. The molecular weight excluding hydrogens is 78.8 g/mol. The van der Waals surface area contributed by atoms with Crippen molar-refractivity contribution >= 4 is 7.48 Å². The van der Waals surface area contributed by atoms with Crippen LogP contribution in [-0.4, -0.2) is 7.48 Å². The second kappa shape index (κ2) is 1.35. The molecule has 0 unspecified atom stereocenters. The Morgan fingerprint density at radius 3 is 2.83 bits per heavy atom. The molecule has 0 bridgehead atoms. The van der Waals surface area contributed by atoms with Gasteiger partial charge in [-0.25, -0.2) is 0 Å². The van der Waals surface area contributed by atoms with Crippen LogP contribution in [0.4, 0.5) is 0 Å². The largest absolute Gasteiger partial charge is 0.397 e. The highest BCUT2D eigenvalue weighted by Gasteiger charge is 2.02. The molecule has 2 nitrogen and oxygen atoms in total. The molecule has 0 aromatic heterocycles. The molecule has 1 heterocycles. The van der Waals surface area contributed by atoms with Crippen molar-refractivity contribution in [3.05, 3.63) is 11.7 Å². The van der Waals surface area contributed by atoms with Gasteiger partial charge in [-0.05, 0) is 12.4 Å². The van der Waals surface area contributed by atoms with E-state index in [0.717, 1.165) is 5.47 Å². The average Bonchev–Trinajstić information content (AvgIpc) is 1.86. The molecule has 0 aromatic carbocycles. The molecule has 0 N–H and O–H groups in total. The summed E-state index contributed by atoms with van der Waals surface area (Å²) in [6.45, 7) is 1.90. The molecule has 1 radical (unpaired) electrons. The standard InChI is InChI=1S/C3H4BO2/c1-3-2-5-6-4-3/h2H,1H3. The Kier molecular flexibility index (Phi) is 0.840. The lowest BCUT2D eigenvalue weighted by atomic mass is 9.92. The second-order valence-electron chi connectivity index (χ2n) is 1.17. The number of allylic oxidation sites excluding steroid dienone is 1. The van der Waals surface area contributed by atoms with Crippen molar-refractivity contribution < 1.29 is 9.69 Å². The fraction of sp³-hybridized carbons (Fsp3) is 0.333. The van der Waals surface area contributed by atoms with Gasteiger partial charge in [-0.15, -0.1) is 0 Å². The van der Waals surface area contributed by atoms with Gasteiger partial charge in [-0.2, -0.15) is 0 Å². The highest BCUT2D eigenvalue weighted by Crippen LogP contribution is 1.98. The van der Waals surface area contributed by atoms with Crippen molar-refractivity contribution in [3.8, 4) is 0 Å². The number of hydrogen-bond donors (Lipinski definition) is 0. The van der Waals surface area contributed by atoms with E-state index < -0.39 is 0 Å². The topological polar surface area (TPSA) is 18.5 Å². The predicted molar refractivity (Wildman–Crippen MR) is 21.7 cm³/mol. The average molecular weight is 82.9 g/mol. The highest BCUT2D eigenvalue weighted by atomic mass is 17.2. The summed E-state index contributed by atoms with van der Waals surface area (Å²) < 4.78 is 0. The molecule has 0 fully saturated rings. The SMILES string of the molecule is CC1=COO[B]1. The summed E-state index contributed by atoms with van der Waals surface area (Å²) in [6.07, 6.45) is 1.54. The van der Waals surface area contributed by atoms with Crippen molar-refractivity contribution in [1.82, 2.24) is 0 Å². The van der Waals surface area contributed by atoms with Crippen LogP contribution in [0.3, 0.4) is 0 Å². The summed E-state index contributed by atoms with van der Waals surface area (Å²) in [5, 5.41) is 0. The fourth-order valence-corrected chi connectivity index (χ4v) is 0.235. The van der Waals surface area contributed by atoms with E-state index in [2.05, 4.69) is 9.69 Å². The summed E-state index contributed by atoms with van der Waals surface area (Å²) in [6, 6.07) is 0. The van der Waals surface area contributed by atoms with Crippen LogP contribution in [0.2, 0.25) is 0 Å². The third-order valence-corrected chi connectivity index (χ3v) is 0.524. The third-order valence-electron chi connectivity index (χ3n) is 0.524. The molecule has 6 heavy (non-hydrogen) atoms. The highest BCUT2D eigenvalue weighted by molar-refractivity contribution is 6.37. The van der Waals surface area contributed by atoms with Crippen molar-refractivity contribution in [1.29, 1.82) is 0 Å². The van der Waals surface area contributed by atoms with Gasteiger partial charge in [-0.3, -0.25) is 4.81 Å². The van der Waals surface area contributed by atoms with Gasteiger partial charge in [0.15, 0.2) is 0 Å². The van der Waals surface area contributed by atoms with E-state index in [1.165, 1.54) is 0 Å². The number of rotatable bonds is 0. The summed E-state index contributed by atoms with van der Waals surface area (Å²) in [4.78, 5) is 8.68. The Labute approximate surface area is 37.0 Å². The molecule has 1 aliphatic heterocycles. The summed E-state index contributed by atoms with van der Waals surface area (Å²) in [5.41, 5.74) is 1.01. The molecule has 31 valence electrons. The quantitative estimate of drug-likeness (QED) is 0.312. The van der Waals surface area contributed by atoms with Crippen molar-refractivity contribution in [2.45, 2.75) is 6.92 Å². The first-order chi connectivity index (χ1) is 2.89.